The molecule has 0 unspecified atom stereocenters. The molecule has 0 saturated heterocycles. The van der Waals surface area contributed by atoms with Gasteiger partial charge in [0.25, 0.3) is 11.8 Å². The van der Waals surface area contributed by atoms with E-state index in [1.807, 2.05) is 0 Å². The van der Waals surface area contributed by atoms with Crippen molar-refractivity contribution in [2.45, 2.75) is 20.4 Å². The lowest BCUT2D eigenvalue weighted by molar-refractivity contribution is 0.0485. The third-order valence-electron chi connectivity index (χ3n) is 3.47. The standard InChI is InChI=1S/C16H14N2O5/c1-3-22-16(21)13-9(2)17-12(23-13)8-18-14(19)10-6-4-5-7-11(10)15(18)20/h4-7H,3,8H2,1-2H3. The molecule has 2 heterocycles. The number of carbonyl (C=O) groups excluding carboxylic acids is 3. The minimum Gasteiger partial charge on any atom is -0.460 e. The Morgan fingerprint density at radius 2 is 1.83 bits per heavy atom. The number of carbonyl (C=O) groups is 3. The summed E-state index contributed by atoms with van der Waals surface area (Å²) >= 11 is 0. The summed E-state index contributed by atoms with van der Waals surface area (Å²) in [6, 6.07) is 6.59. The van der Waals surface area contributed by atoms with Gasteiger partial charge in [0, 0.05) is 0 Å². The van der Waals surface area contributed by atoms with E-state index in [9.17, 15) is 14.4 Å². The molecule has 1 aromatic heterocycles. The van der Waals surface area contributed by atoms with Gasteiger partial charge in [0.2, 0.25) is 11.7 Å². The largest absolute Gasteiger partial charge is 0.460 e. The van der Waals surface area contributed by atoms with E-state index in [-0.39, 0.29) is 24.8 Å². The fraction of sp³-hybridized carbons (Fsp3) is 0.250. The second-order valence-electron chi connectivity index (χ2n) is 4.98. The Hall–Kier alpha value is -2.96. The maximum atomic E-state index is 12.3. The Bertz CT molecular complexity index is 774. The van der Waals surface area contributed by atoms with Gasteiger partial charge < -0.3 is 9.15 Å². The summed E-state index contributed by atoms with van der Waals surface area (Å²) in [4.78, 5) is 41.4. The highest BCUT2D eigenvalue weighted by molar-refractivity contribution is 6.21. The average Bonchev–Trinajstić information content (AvgIpc) is 3.02. The number of fused-ring (bicyclic) bond motifs is 1. The summed E-state index contributed by atoms with van der Waals surface area (Å²) in [7, 11) is 0. The third kappa shape index (κ3) is 2.50. The summed E-state index contributed by atoms with van der Waals surface area (Å²) in [5, 5.41) is 0. The molecule has 0 atom stereocenters. The third-order valence-corrected chi connectivity index (χ3v) is 3.47. The van der Waals surface area contributed by atoms with Crippen LogP contribution >= 0.6 is 0 Å². The minimum atomic E-state index is -0.619. The summed E-state index contributed by atoms with van der Waals surface area (Å²) in [5.74, 6) is -1.33. The van der Waals surface area contributed by atoms with Crippen LogP contribution < -0.4 is 0 Å². The maximum absolute atomic E-state index is 12.3. The first-order valence-electron chi connectivity index (χ1n) is 7.11. The van der Waals surface area contributed by atoms with Crippen molar-refractivity contribution in [3.63, 3.8) is 0 Å². The number of imide groups is 1. The molecule has 1 aromatic carbocycles. The van der Waals surface area contributed by atoms with Gasteiger partial charge in [-0.3, -0.25) is 14.5 Å². The summed E-state index contributed by atoms with van der Waals surface area (Å²) in [6.45, 7) is 3.37. The zero-order chi connectivity index (χ0) is 16.6. The number of nitrogens with zero attached hydrogens (tertiary/aromatic N) is 2. The molecule has 7 nitrogen and oxygen atoms in total. The van der Waals surface area contributed by atoms with Gasteiger partial charge in [0.05, 0.1) is 23.4 Å². The van der Waals surface area contributed by atoms with Gasteiger partial charge in [0.15, 0.2) is 0 Å². The van der Waals surface area contributed by atoms with Crippen molar-refractivity contribution in [2.75, 3.05) is 6.61 Å². The smallest absolute Gasteiger partial charge is 0.376 e. The normalized spacial score (nSPS) is 13.4. The molecule has 0 saturated carbocycles. The Balaban J connectivity index is 1.84. The molecule has 2 aromatic rings. The number of hydrogen-bond acceptors (Lipinski definition) is 6. The van der Waals surface area contributed by atoms with Crippen molar-refractivity contribution in [1.82, 2.24) is 9.88 Å². The number of rotatable bonds is 4. The Morgan fingerprint density at radius 3 is 2.39 bits per heavy atom. The second kappa shape index (κ2) is 5.68. The topological polar surface area (TPSA) is 89.7 Å². The van der Waals surface area contributed by atoms with Crippen LogP contribution in [0.25, 0.3) is 0 Å². The van der Waals surface area contributed by atoms with Crippen molar-refractivity contribution >= 4 is 17.8 Å². The molecule has 0 N–H and O–H groups in total. The highest BCUT2D eigenvalue weighted by atomic mass is 16.5. The predicted octanol–water partition coefficient (Wildman–Crippen LogP) is 1.96. The maximum Gasteiger partial charge on any atom is 0.376 e. The van der Waals surface area contributed by atoms with Crippen LogP contribution in [0.2, 0.25) is 0 Å². The summed E-state index contributed by atoms with van der Waals surface area (Å²) in [5.41, 5.74) is 1.06. The van der Waals surface area contributed by atoms with E-state index in [1.165, 1.54) is 0 Å². The zero-order valence-corrected chi connectivity index (χ0v) is 12.7. The van der Waals surface area contributed by atoms with Gasteiger partial charge in [-0.25, -0.2) is 9.78 Å². The molecule has 0 radical (unpaired) electrons. The monoisotopic (exact) mass is 314 g/mol. The van der Waals surface area contributed by atoms with Crippen molar-refractivity contribution < 1.29 is 23.5 Å². The van der Waals surface area contributed by atoms with E-state index in [2.05, 4.69) is 4.98 Å². The molecular formula is C16H14N2O5. The first-order valence-corrected chi connectivity index (χ1v) is 7.11. The fourth-order valence-electron chi connectivity index (χ4n) is 2.42. The van der Waals surface area contributed by atoms with Gasteiger partial charge >= 0.3 is 5.97 Å². The summed E-state index contributed by atoms with van der Waals surface area (Å²) in [6.07, 6.45) is 0. The lowest BCUT2D eigenvalue weighted by Crippen LogP contribution is -2.29. The van der Waals surface area contributed by atoms with Gasteiger partial charge in [-0.2, -0.15) is 0 Å². The van der Waals surface area contributed by atoms with Gasteiger partial charge in [0.1, 0.15) is 6.54 Å². The van der Waals surface area contributed by atoms with E-state index in [4.69, 9.17) is 9.15 Å². The van der Waals surface area contributed by atoms with Crippen LogP contribution in [0.4, 0.5) is 0 Å². The van der Waals surface area contributed by atoms with Gasteiger partial charge in [-0.05, 0) is 26.0 Å². The van der Waals surface area contributed by atoms with Crippen molar-refractivity contribution in [2.24, 2.45) is 0 Å². The van der Waals surface area contributed by atoms with Crippen LogP contribution in [-0.4, -0.2) is 34.3 Å². The minimum absolute atomic E-state index is 0.0153. The molecule has 23 heavy (non-hydrogen) atoms. The number of hydrogen-bond donors (Lipinski definition) is 0. The summed E-state index contributed by atoms with van der Waals surface area (Å²) < 4.78 is 10.2. The van der Waals surface area contributed by atoms with E-state index in [1.54, 1.807) is 38.1 Å². The number of aryl methyl sites for hydroxylation is 1. The number of esters is 1. The Morgan fingerprint density at radius 1 is 1.22 bits per heavy atom. The Kier molecular flexibility index (Phi) is 3.69. The number of ether oxygens (including phenoxy) is 1. The second-order valence-corrected chi connectivity index (χ2v) is 4.98. The first kappa shape index (κ1) is 15.0. The van der Waals surface area contributed by atoms with Crippen molar-refractivity contribution in [3.05, 3.63) is 52.7 Å². The molecule has 0 spiro atoms. The quantitative estimate of drug-likeness (QED) is 0.633. The van der Waals surface area contributed by atoms with Crippen LogP contribution in [0.3, 0.4) is 0 Å². The van der Waals surface area contributed by atoms with Gasteiger partial charge in [-0.15, -0.1) is 0 Å². The van der Waals surface area contributed by atoms with Crippen LogP contribution in [-0.2, 0) is 11.3 Å². The molecule has 118 valence electrons. The van der Waals surface area contributed by atoms with Crippen LogP contribution in [0, 0.1) is 6.92 Å². The molecule has 1 aliphatic rings. The van der Waals surface area contributed by atoms with Gasteiger partial charge in [-0.1, -0.05) is 12.1 Å². The van der Waals surface area contributed by atoms with E-state index in [0.717, 1.165) is 4.90 Å². The molecule has 2 amide bonds. The fourth-order valence-corrected chi connectivity index (χ4v) is 2.42. The number of oxazole rings is 1. The van der Waals surface area contributed by atoms with Crippen LogP contribution in [0.15, 0.2) is 28.7 Å². The predicted molar refractivity (Wildman–Crippen MR) is 77.8 cm³/mol. The number of benzene rings is 1. The van der Waals surface area contributed by atoms with E-state index >= 15 is 0 Å². The molecule has 1 aliphatic heterocycles. The molecule has 0 aliphatic carbocycles. The molecule has 7 heteroatoms. The zero-order valence-electron chi connectivity index (χ0n) is 12.7. The lowest BCUT2D eigenvalue weighted by atomic mass is 10.1. The Labute approximate surface area is 131 Å². The molecule has 0 fully saturated rings. The number of amides is 2. The van der Waals surface area contributed by atoms with Crippen molar-refractivity contribution in [3.8, 4) is 0 Å². The first-order chi connectivity index (χ1) is 11.0. The molecule has 0 bridgehead atoms. The van der Waals surface area contributed by atoms with Crippen LogP contribution in [0.5, 0.6) is 0 Å². The van der Waals surface area contributed by atoms with Crippen molar-refractivity contribution in [1.29, 1.82) is 0 Å². The highest BCUT2D eigenvalue weighted by Gasteiger charge is 2.36. The van der Waals surface area contributed by atoms with E-state index in [0.29, 0.717) is 16.8 Å². The lowest BCUT2D eigenvalue weighted by Gasteiger charge is -2.10. The van der Waals surface area contributed by atoms with E-state index < -0.39 is 17.8 Å². The SMILES string of the molecule is CCOC(=O)c1oc(CN2C(=O)c3ccccc3C2=O)nc1C. The molecular weight excluding hydrogens is 300 g/mol. The van der Waals surface area contributed by atoms with Crippen LogP contribution in [0.1, 0.15) is 49.8 Å². The number of aromatic nitrogens is 1. The molecule has 3 rings (SSSR count). The highest BCUT2D eigenvalue weighted by Crippen LogP contribution is 2.24. The average molecular weight is 314 g/mol.